The molecule has 0 amide bonds. The van der Waals surface area contributed by atoms with E-state index < -0.39 is 61.3 Å². The van der Waals surface area contributed by atoms with Gasteiger partial charge in [-0.15, -0.1) is 0 Å². The summed E-state index contributed by atoms with van der Waals surface area (Å²) < 4.78 is 89.6. The molecule has 1 aliphatic carbocycles. The first-order chi connectivity index (χ1) is 22.1. The Bertz CT molecular complexity index is 1910. The van der Waals surface area contributed by atoms with Gasteiger partial charge in [-0.1, -0.05) is 12.1 Å². The van der Waals surface area contributed by atoms with E-state index in [1.807, 2.05) is 20.8 Å². The normalized spacial score (nSPS) is 17.1. The van der Waals surface area contributed by atoms with E-state index in [2.05, 4.69) is 20.3 Å². The number of rotatable bonds is 9. The molecular formula is C34H36F4N4O4S. The average Bonchev–Trinajstić information content (AvgIpc) is 2.98. The molecule has 0 radical (unpaired) electrons. The Hall–Kier alpha value is -4.13. The molecule has 1 saturated carbocycles. The molecule has 8 nitrogen and oxygen atoms in total. The molecule has 1 N–H and O–H groups in total. The lowest BCUT2D eigenvalue weighted by Gasteiger charge is -2.29. The van der Waals surface area contributed by atoms with E-state index in [1.54, 1.807) is 6.92 Å². The summed E-state index contributed by atoms with van der Waals surface area (Å²) in [7, 11) is -4.13. The minimum Gasteiger partial charge on any atom is -0.460 e. The molecule has 2 aromatic carbocycles. The first-order valence-electron chi connectivity index (χ1n) is 15.3. The van der Waals surface area contributed by atoms with E-state index in [0.717, 1.165) is 43.9 Å². The van der Waals surface area contributed by atoms with Gasteiger partial charge in [0.15, 0.2) is 21.5 Å². The first kappa shape index (κ1) is 34.2. The number of ether oxygens (including phenoxy) is 1. The Morgan fingerprint density at radius 1 is 0.957 bits per heavy atom. The second-order valence-electron chi connectivity index (χ2n) is 13.1. The SMILES string of the molecule is Cc1cc(-c2cc(F)c(CS(=O)(=O)Cc3ccc(F)cc3)c(F)c2F)nc2cnc(NC3CCC(CC(=O)OC(C)(C)C)CC3)nc12. The highest BCUT2D eigenvalue weighted by molar-refractivity contribution is 7.89. The number of sulfone groups is 1. The largest absolute Gasteiger partial charge is 0.460 e. The summed E-state index contributed by atoms with van der Waals surface area (Å²) in [5.41, 5.74) is -0.461. The monoisotopic (exact) mass is 672 g/mol. The van der Waals surface area contributed by atoms with Gasteiger partial charge < -0.3 is 10.1 Å². The molecule has 5 rings (SSSR count). The number of nitrogens with one attached hydrogen (secondary N) is 1. The predicted molar refractivity (Wildman–Crippen MR) is 170 cm³/mol. The number of nitrogens with zero attached hydrogens (tertiary/aromatic N) is 3. The molecule has 4 aromatic rings. The molecule has 250 valence electrons. The Labute approximate surface area is 270 Å². The summed E-state index contributed by atoms with van der Waals surface area (Å²) in [6.45, 7) is 7.24. The van der Waals surface area contributed by atoms with E-state index in [-0.39, 0.29) is 34.7 Å². The molecule has 1 fully saturated rings. The Morgan fingerprint density at radius 2 is 1.64 bits per heavy atom. The summed E-state index contributed by atoms with van der Waals surface area (Å²) in [5.74, 6) is -6.12. The van der Waals surface area contributed by atoms with Crippen molar-refractivity contribution in [1.82, 2.24) is 15.0 Å². The third kappa shape index (κ3) is 8.62. The minimum atomic E-state index is -4.13. The van der Waals surface area contributed by atoms with Crippen LogP contribution in [0.2, 0.25) is 0 Å². The zero-order chi connectivity index (χ0) is 34.1. The fourth-order valence-electron chi connectivity index (χ4n) is 5.76. The van der Waals surface area contributed by atoms with Crippen LogP contribution in [0.15, 0.2) is 42.6 Å². The number of carbonyl (C=O) groups is 1. The molecule has 0 spiro atoms. The number of esters is 1. The number of benzene rings is 2. The zero-order valence-corrected chi connectivity index (χ0v) is 27.4. The molecular weight excluding hydrogens is 636 g/mol. The molecule has 0 saturated heterocycles. The third-order valence-electron chi connectivity index (χ3n) is 7.99. The van der Waals surface area contributed by atoms with Gasteiger partial charge in [0.05, 0.1) is 28.9 Å². The minimum absolute atomic E-state index is 0.0707. The highest BCUT2D eigenvalue weighted by Gasteiger charge is 2.27. The Balaban J connectivity index is 1.29. The van der Waals surface area contributed by atoms with E-state index in [0.29, 0.717) is 23.4 Å². The number of anilines is 1. The van der Waals surface area contributed by atoms with Crippen LogP contribution in [0.5, 0.6) is 0 Å². The van der Waals surface area contributed by atoms with Crippen LogP contribution in [0, 0.1) is 36.1 Å². The summed E-state index contributed by atoms with van der Waals surface area (Å²) >= 11 is 0. The molecule has 2 heterocycles. The van der Waals surface area contributed by atoms with E-state index in [4.69, 9.17) is 4.74 Å². The van der Waals surface area contributed by atoms with Crippen molar-refractivity contribution < 1.29 is 35.5 Å². The number of halogens is 4. The molecule has 0 unspecified atom stereocenters. The number of hydrogen-bond donors (Lipinski definition) is 1. The third-order valence-corrected chi connectivity index (χ3v) is 9.49. The lowest BCUT2D eigenvalue weighted by Crippen LogP contribution is -2.30. The highest BCUT2D eigenvalue weighted by atomic mass is 32.2. The predicted octanol–water partition coefficient (Wildman–Crippen LogP) is 7.37. The fourth-order valence-corrected chi connectivity index (χ4v) is 7.27. The van der Waals surface area contributed by atoms with Crippen LogP contribution in [0.1, 0.15) is 69.6 Å². The second-order valence-corrected chi connectivity index (χ2v) is 15.1. The molecule has 0 atom stereocenters. The van der Waals surface area contributed by atoms with Crippen molar-refractivity contribution in [2.24, 2.45) is 5.92 Å². The maximum absolute atomic E-state index is 15.3. The van der Waals surface area contributed by atoms with Crippen LogP contribution in [-0.2, 0) is 30.9 Å². The maximum Gasteiger partial charge on any atom is 0.306 e. The van der Waals surface area contributed by atoms with Crippen molar-refractivity contribution in [3.8, 4) is 11.3 Å². The van der Waals surface area contributed by atoms with Gasteiger partial charge in [0, 0.05) is 23.6 Å². The average molecular weight is 673 g/mol. The smallest absolute Gasteiger partial charge is 0.306 e. The van der Waals surface area contributed by atoms with Crippen molar-refractivity contribution >= 4 is 32.8 Å². The molecule has 0 aliphatic heterocycles. The Morgan fingerprint density at radius 3 is 2.30 bits per heavy atom. The van der Waals surface area contributed by atoms with Gasteiger partial charge in [-0.05, 0) is 94.7 Å². The maximum atomic E-state index is 15.3. The lowest BCUT2D eigenvalue weighted by atomic mass is 9.84. The van der Waals surface area contributed by atoms with Crippen molar-refractivity contribution in [2.75, 3.05) is 5.32 Å². The number of pyridine rings is 1. The standard InChI is InChI=1S/C34H36F4N4O4S/c1-19-13-27(24-15-26(36)25(31(38)30(24)37)18-47(44,45)17-21-5-9-22(35)10-6-21)41-28-16-39-33(42-32(19)28)40-23-11-7-20(8-12-23)14-29(43)46-34(2,3)4/h5-6,9-10,13,15-16,20,23H,7-8,11-12,14,17-18H2,1-4H3,(H,39,40,42). The topological polar surface area (TPSA) is 111 Å². The van der Waals surface area contributed by atoms with Crippen LogP contribution in [-0.4, -0.2) is 41.0 Å². The van der Waals surface area contributed by atoms with Crippen molar-refractivity contribution in [2.45, 2.75) is 82.9 Å². The lowest BCUT2D eigenvalue weighted by molar-refractivity contribution is -0.156. The number of hydrogen-bond acceptors (Lipinski definition) is 8. The second kappa shape index (κ2) is 13.5. The molecule has 2 aromatic heterocycles. The van der Waals surface area contributed by atoms with Crippen LogP contribution < -0.4 is 5.32 Å². The van der Waals surface area contributed by atoms with Gasteiger partial charge >= 0.3 is 5.97 Å². The number of fused-ring (bicyclic) bond motifs is 1. The highest BCUT2D eigenvalue weighted by Crippen LogP contribution is 2.32. The van der Waals surface area contributed by atoms with Gasteiger partial charge in [-0.3, -0.25) is 4.79 Å². The van der Waals surface area contributed by atoms with Crippen molar-refractivity contribution in [1.29, 1.82) is 0 Å². The van der Waals surface area contributed by atoms with Gasteiger partial charge in [-0.25, -0.2) is 40.9 Å². The van der Waals surface area contributed by atoms with Gasteiger partial charge in [0.2, 0.25) is 5.95 Å². The quantitative estimate of drug-likeness (QED) is 0.111. The van der Waals surface area contributed by atoms with E-state index in [9.17, 15) is 17.6 Å². The summed E-state index contributed by atoms with van der Waals surface area (Å²) in [6.07, 6.45) is 5.18. The van der Waals surface area contributed by atoms with Crippen LogP contribution in [0.25, 0.3) is 22.3 Å². The van der Waals surface area contributed by atoms with Gasteiger partial charge in [0.25, 0.3) is 0 Å². The summed E-state index contributed by atoms with van der Waals surface area (Å²) in [5, 5.41) is 3.33. The molecule has 1 aliphatic rings. The van der Waals surface area contributed by atoms with Crippen LogP contribution in [0.4, 0.5) is 23.5 Å². The van der Waals surface area contributed by atoms with Gasteiger partial charge in [0.1, 0.15) is 22.8 Å². The molecule has 47 heavy (non-hydrogen) atoms. The van der Waals surface area contributed by atoms with E-state index >= 15 is 13.2 Å². The van der Waals surface area contributed by atoms with Crippen molar-refractivity contribution in [3.05, 3.63) is 82.6 Å². The number of aryl methyl sites for hydroxylation is 1. The molecule has 0 bridgehead atoms. The number of carbonyl (C=O) groups excluding carboxylic acids is 1. The summed E-state index contributed by atoms with van der Waals surface area (Å²) in [4.78, 5) is 25.5. The first-order valence-corrected chi connectivity index (χ1v) is 17.1. The van der Waals surface area contributed by atoms with Crippen LogP contribution in [0.3, 0.4) is 0 Å². The Kier molecular flexibility index (Phi) is 9.86. The fraction of sp³-hybridized carbons (Fsp3) is 0.412. The van der Waals surface area contributed by atoms with E-state index in [1.165, 1.54) is 24.4 Å². The van der Waals surface area contributed by atoms with Crippen molar-refractivity contribution in [3.63, 3.8) is 0 Å². The van der Waals surface area contributed by atoms with Crippen LogP contribution >= 0.6 is 0 Å². The summed E-state index contributed by atoms with van der Waals surface area (Å²) in [6, 6.07) is 6.93. The van der Waals surface area contributed by atoms with Gasteiger partial charge in [-0.2, -0.15) is 0 Å². The number of aromatic nitrogens is 3. The molecule has 13 heteroatoms. The zero-order valence-electron chi connectivity index (χ0n) is 26.5.